The molecule has 5 heteroatoms. The Labute approximate surface area is 109 Å². The van der Waals surface area contributed by atoms with Gasteiger partial charge in [-0.25, -0.2) is 4.79 Å². The first-order valence-electron chi connectivity index (χ1n) is 6.88. The van der Waals surface area contributed by atoms with Crippen molar-refractivity contribution in [2.24, 2.45) is 5.92 Å². The van der Waals surface area contributed by atoms with Gasteiger partial charge in [-0.1, -0.05) is 0 Å². The lowest BCUT2D eigenvalue weighted by Gasteiger charge is -2.42. The summed E-state index contributed by atoms with van der Waals surface area (Å²) in [5.74, 6) is 0.815. The Hall–Kier alpha value is -0.810. The van der Waals surface area contributed by atoms with Gasteiger partial charge in [0, 0.05) is 32.7 Å². The van der Waals surface area contributed by atoms with Gasteiger partial charge in [-0.05, 0) is 38.1 Å². The smallest absolute Gasteiger partial charge is 0.319 e. The third-order valence-corrected chi connectivity index (χ3v) is 4.14. The monoisotopic (exact) mass is 255 g/mol. The molecule has 0 aromatic rings. The molecule has 0 spiro atoms. The summed E-state index contributed by atoms with van der Waals surface area (Å²) >= 11 is 0. The number of carbonyl (C=O) groups excluding carboxylic acids is 1. The normalized spacial score (nSPS) is 22.9. The zero-order chi connectivity index (χ0) is 13.2. The summed E-state index contributed by atoms with van der Waals surface area (Å²) < 4.78 is 0. The van der Waals surface area contributed by atoms with Gasteiger partial charge in [0.05, 0.1) is 6.61 Å². The van der Waals surface area contributed by atoms with Crippen molar-refractivity contribution < 1.29 is 9.90 Å². The average Bonchev–Trinajstić information content (AvgIpc) is 3.20. The highest BCUT2D eigenvalue weighted by Crippen LogP contribution is 2.30. The maximum Gasteiger partial charge on any atom is 0.319 e. The van der Waals surface area contributed by atoms with Gasteiger partial charge in [-0.15, -0.1) is 0 Å². The summed E-state index contributed by atoms with van der Waals surface area (Å²) in [6.07, 6.45) is 4.32. The first-order valence-corrected chi connectivity index (χ1v) is 6.88. The lowest BCUT2D eigenvalue weighted by molar-refractivity contribution is 0.0816. The Morgan fingerprint density at radius 2 is 2.00 bits per heavy atom. The molecule has 2 N–H and O–H groups in total. The van der Waals surface area contributed by atoms with Gasteiger partial charge < -0.3 is 20.2 Å². The quantitative estimate of drug-likeness (QED) is 0.769. The summed E-state index contributed by atoms with van der Waals surface area (Å²) in [4.78, 5) is 15.3. The van der Waals surface area contributed by atoms with Crippen LogP contribution in [0.5, 0.6) is 0 Å². The predicted molar refractivity (Wildman–Crippen MR) is 70.4 cm³/mol. The summed E-state index contributed by atoms with van der Waals surface area (Å²) in [6.45, 7) is 2.65. The third kappa shape index (κ3) is 3.14. The standard InChI is InChI=1S/C13H25N3O2/c1-15(2)12(18)16-7-5-13(10-17,6-8-16)14-9-11-3-4-11/h11,14,17H,3-10H2,1-2H3. The van der Waals surface area contributed by atoms with Crippen molar-refractivity contribution in [1.82, 2.24) is 15.1 Å². The van der Waals surface area contributed by atoms with Crippen molar-refractivity contribution >= 4 is 6.03 Å². The number of aliphatic hydroxyl groups excluding tert-OH is 1. The van der Waals surface area contributed by atoms with Crippen molar-refractivity contribution in [3.8, 4) is 0 Å². The average molecular weight is 255 g/mol. The van der Waals surface area contributed by atoms with Gasteiger partial charge in [0.2, 0.25) is 0 Å². The number of aliphatic hydroxyl groups is 1. The van der Waals surface area contributed by atoms with Crippen LogP contribution >= 0.6 is 0 Å². The van der Waals surface area contributed by atoms with Crippen LogP contribution in [-0.2, 0) is 0 Å². The zero-order valence-electron chi connectivity index (χ0n) is 11.5. The number of nitrogens with zero attached hydrogens (tertiary/aromatic N) is 2. The topological polar surface area (TPSA) is 55.8 Å². The number of likely N-dealkylation sites (tertiary alicyclic amines) is 1. The van der Waals surface area contributed by atoms with Gasteiger partial charge in [-0.2, -0.15) is 0 Å². The molecule has 104 valence electrons. The molecule has 1 heterocycles. The lowest BCUT2D eigenvalue weighted by atomic mass is 9.88. The van der Waals surface area contributed by atoms with Gasteiger partial charge in [0.1, 0.15) is 0 Å². The Morgan fingerprint density at radius 1 is 1.39 bits per heavy atom. The van der Waals surface area contributed by atoms with Crippen molar-refractivity contribution in [3.63, 3.8) is 0 Å². The van der Waals surface area contributed by atoms with E-state index in [0.29, 0.717) is 0 Å². The predicted octanol–water partition coefficient (Wildman–Crippen LogP) is 0.494. The maximum absolute atomic E-state index is 11.8. The van der Waals surface area contributed by atoms with E-state index in [9.17, 15) is 9.90 Å². The van der Waals surface area contributed by atoms with Crippen LogP contribution < -0.4 is 5.32 Å². The van der Waals surface area contributed by atoms with Crippen molar-refractivity contribution in [1.29, 1.82) is 0 Å². The highest BCUT2D eigenvalue weighted by molar-refractivity contribution is 5.73. The number of carbonyl (C=O) groups is 1. The Morgan fingerprint density at radius 3 is 2.44 bits per heavy atom. The van der Waals surface area contributed by atoms with E-state index in [4.69, 9.17) is 0 Å². The summed E-state index contributed by atoms with van der Waals surface area (Å²) in [5, 5.41) is 13.2. The second kappa shape index (κ2) is 5.45. The first kappa shape index (κ1) is 13.6. The molecule has 1 aliphatic carbocycles. The van der Waals surface area contributed by atoms with E-state index in [0.717, 1.165) is 38.4 Å². The van der Waals surface area contributed by atoms with E-state index < -0.39 is 0 Å². The molecule has 0 aromatic carbocycles. The fourth-order valence-electron chi connectivity index (χ4n) is 2.48. The summed E-state index contributed by atoms with van der Waals surface area (Å²) in [7, 11) is 3.56. The molecular formula is C13H25N3O2. The highest BCUT2D eigenvalue weighted by Gasteiger charge is 2.36. The van der Waals surface area contributed by atoms with Crippen LogP contribution in [0.15, 0.2) is 0 Å². The van der Waals surface area contributed by atoms with E-state index in [-0.39, 0.29) is 18.2 Å². The number of nitrogens with one attached hydrogen (secondary N) is 1. The SMILES string of the molecule is CN(C)C(=O)N1CCC(CO)(NCC2CC2)CC1. The molecule has 0 unspecified atom stereocenters. The number of amides is 2. The van der Waals surface area contributed by atoms with Crippen molar-refractivity contribution in [2.75, 3.05) is 40.3 Å². The number of hydrogen-bond donors (Lipinski definition) is 2. The summed E-state index contributed by atoms with van der Waals surface area (Å²) in [6, 6.07) is 0.0729. The third-order valence-electron chi connectivity index (χ3n) is 4.14. The number of piperidine rings is 1. The number of rotatable bonds is 4. The molecular weight excluding hydrogens is 230 g/mol. The van der Waals surface area contributed by atoms with E-state index >= 15 is 0 Å². The molecule has 0 aromatic heterocycles. The fourth-order valence-corrected chi connectivity index (χ4v) is 2.48. The van der Waals surface area contributed by atoms with Gasteiger partial charge >= 0.3 is 6.03 Å². The maximum atomic E-state index is 11.8. The van der Waals surface area contributed by atoms with Crippen LogP contribution in [0.1, 0.15) is 25.7 Å². The second-order valence-corrected chi connectivity index (χ2v) is 5.93. The Kier molecular flexibility index (Phi) is 4.12. The van der Waals surface area contributed by atoms with Crippen LogP contribution in [0.2, 0.25) is 0 Å². The van der Waals surface area contributed by atoms with E-state index in [1.807, 2.05) is 4.90 Å². The lowest BCUT2D eigenvalue weighted by Crippen LogP contribution is -2.58. The molecule has 0 atom stereocenters. The van der Waals surface area contributed by atoms with E-state index in [1.165, 1.54) is 12.8 Å². The van der Waals surface area contributed by atoms with Crippen molar-refractivity contribution in [2.45, 2.75) is 31.2 Å². The van der Waals surface area contributed by atoms with Crippen LogP contribution in [0.25, 0.3) is 0 Å². The molecule has 0 radical (unpaired) electrons. The molecule has 2 amide bonds. The van der Waals surface area contributed by atoms with Gasteiger partial charge in [0.15, 0.2) is 0 Å². The molecule has 18 heavy (non-hydrogen) atoms. The molecule has 2 aliphatic rings. The zero-order valence-corrected chi connectivity index (χ0v) is 11.5. The minimum atomic E-state index is -0.161. The molecule has 1 saturated heterocycles. The van der Waals surface area contributed by atoms with Crippen LogP contribution in [0, 0.1) is 5.92 Å². The minimum Gasteiger partial charge on any atom is -0.394 e. The molecule has 1 saturated carbocycles. The van der Waals surface area contributed by atoms with Crippen LogP contribution in [0.4, 0.5) is 4.79 Å². The first-order chi connectivity index (χ1) is 8.56. The van der Waals surface area contributed by atoms with Gasteiger partial charge in [0.25, 0.3) is 0 Å². The largest absolute Gasteiger partial charge is 0.394 e. The fraction of sp³-hybridized carbons (Fsp3) is 0.923. The molecule has 5 nitrogen and oxygen atoms in total. The van der Waals surface area contributed by atoms with Gasteiger partial charge in [-0.3, -0.25) is 0 Å². The Balaban J connectivity index is 1.83. The highest BCUT2D eigenvalue weighted by atomic mass is 16.3. The minimum absolute atomic E-state index is 0.0729. The molecule has 2 fully saturated rings. The van der Waals surface area contributed by atoms with E-state index in [1.54, 1.807) is 19.0 Å². The second-order valence-electron chi connectivity index (χ2n) is 5.93. The van der Waals surface area contributed by atoms with Crippen LogP contribution in [0.3, 0.4) is 0 Å². The number of urea groups is 1. The molecule has 1 aliphatic heterocycles. The van der Waals surface area contributed by atoms with Crippen LogP contribution in [-0.4, -0.2) is 66.8 Å². The number of hydrogen-bond acceptors (Lipinski definition) is 3. The van der Waals surface area contributed by atoms with Crippen molar-refractivity contribution in [3.05, 3.63) is 0 Å². The Bertz CT molecular complexity index is 295. The molecule has 2 rings (SSSR count). The molecule has 0 bridgehead atoms. The summed E-state index contributed by atoms with van der Waals surface area (Å²) in [5.41, 5.74) is -0.161. The van der Waals surface area contributed by atoms with E-state index in [2.05, 4.69) is 5.32 Å².